The molecule has 6 nitrogen and oxygen atoms in total. The first kappa shape index (κ1) is 15.3. The van der Waals surface area contributed by atoms with E-state index < -0.39 is 11.6 Å². The SMILES string of the molecule is CNCCN(C)CC(O)CC(C)(C)[N+](=O)[O-]. The van der Waals surface area contributed by atoms with E-state index >= 15 is 0 Å². The highest BCUT2D eigenvalue weighted by Gasteiger charge is 2.33. The molecule has 0 aliphatic heterocycles. The van der Waals surface area contributed by atoms with Gasteiger partial charge in [-0.15, -0.1) is 0 Å². The van der Waals surface area contributed by atoms with Gasteiger partial charge in [-0.25, -0.2) is 0 Å². The van der Waals surface area contributed by atoms with Gasteiger partial charge in [-0.05, 0) is 14.1 Å². The fraction of sp³-hybridized carbons (Fsp3) is 1.00. The van der Waals surface area contributed by atoms with E-state index in [9.17, 15) is 15.2 Å². The molecule has 0 bridgehead atoms. The normalized spacial score (nSPS) is 14.1. The average molecular weight is 233 g/mol. The fourth-order valence-corrected chi connectivity index (χ4v) is 1.47. The van der Waals surface area contributed by atoms with E-state index in [1.165, 1.54) is 13.8 Å². The van der Waals surface area contributed by atoms with E-state index in [0.717, 1.165) is 13.1 Å². The van der Waals surface area contributed by atoms with Crippen LogP contribution in [0.5, 0.6) is 0 Å². The number of nitrogens with zero attached hydrogens (tertiary/aromatic N) is 2. The molecule has 0 aliphatic rings. The number of hydrogen-bond acceptors (Lipinski definition) is 5. The minimum atomic E-state index is -1.07. The van der Waals surface area contributed by atoms with Crippen molar-refractivity contribution in [3.8, 4) is 0 Å². The standard InChI is InChI=1S/C10H23N3O3/c1-10(2,13(15)16)7-9(14)8-12(4)6-5-11-3/h9,11,14H,5-8H2,1-4H3. The third-order valence-corrected chi connectivity index (χ3v) is 2.50. The number of nitro groups is 1. The van der Waals surface area contributed by atoms with E-state index in [-0.39, 0.29) is 11.3 Å². The average Bonchev–Trinajstić information content (AvgIpc) is 2.13. The van der Waals surface area contributed by atoms with Gasteiger partial charge in [0.1, 0.15) is 0 Å². The summed E-state index contributed by atoms with van der Waals surface area (Å²) in [7, 11) is 3.75. The van der Waals surface area contributed by atoms with E-state index in [2.05, 4.69) is 5.32 Å². The highest BCUT2D eigenvalue weighted by Crippen LogP contribution is 2.15. The summed E-state index contributed by atoms with van der Waals surface area (Å²) in [5.41, 5.74) is -1.07. The Morgan fingerprint density at radius 3 is 2.56 bits per heavy atom. The number of aliphatic hydroxyl groups excluding tert-OH is 1. The van der Waals surface area contributed by atoms with Gasteiger partial charge in [0.05, 0.1) is 6.10 Å². The van der Waals surface area contributed by atoms with Crippen LogP contribution in [-0.2, 0) is 0 Å². The lowest BCUT2D eigenvalue weighted by molar-refractivity contribution is -0.563. The molecule has 96 valence electrons. The molecule has 0 aromatic heterocycles. The summed E-state index contributed by atoms with van der Waals surface area (Å²) in [6.07, 6.45) is -0.494. The molecule has 2 N–H and O–H groups in total. The molecule has 0 aromatic rings. The lowest BCUT2D eigenvalue weighted by atomic mass is 9.97. The van der Waals surface area contributed by atoms with Crippen molar-refractivity contribution in [2.45, 2.75) is 31.9 Å². The van der Waals surface area contributed by atoms with Crippen molar-refractivity contribution >= 4 is 0 Å². The summed E-state index contributed by atoms with van der Waals surface area (Å²) < 4.78 is 0. The van der Waals surface area contributed by atoms with Crippen LogP contribution >= 0.6 is 0 Å². The maximum atomic E-state index is 10.7. The zero-order valence-corrected chi connectivity index (χ0v) is 10.6. The Bertz CT molecular complexity index is 221. The fourth-order valence-electron chi connectivity index (χ4n) is 1.47. The van der Waals surface area contributed by atoms with Crippen LogP contribution in [0.3, 0.4) is 0 Å². The van der Waals surface area contributed by atoms with Crippen LogP contribution in [0.25, 0.3) is 0 Å². The number of likely N-dealkylation sites (N-methyl/N-ethyl adjacent to an activating group) is 2. The molecule has 0 spiro atoms. The topological polar surface area (TPSA) is 78.6 Å². The van der Waals surface area contributed by atoms with Gasteiger partial charge in [-0.3, -0.25) is 10.1 Å². The summed E-state index contributed by atoms with van der Waals surface area (Å²) in [6, 6.07) is 0. The zero-order chi connectivity index (χ0) is 12.8. The van der Waals surface area contributed by atoms with E-state index in [1.807, 2.05) is 19.0 Å². The second kappa shape index (κ2) is 6.78. The Balaban J connectivity index is 3.98. The van der Waals surface area contributed by atoms with Crippen molar-refractivity contribution < 1.29 is 10.0 Å². The maximum Gasteiger partial charge on any atom is 0.219 e. The second-order valence-corrected chi connectivity index (χ2v) is 4.79. The summed E-state index contributed by atoms with van der Waals surface area (Å²) in [4.78, 5) is 12.3. The molecule has 0 aliphatic carbocycles. The van der Waals surface area contributed by atoms with E-state index in [4.69, 9.17) is 0 Å². The van der Waals surface area contributed by atoms with Gasteiger partial charge in [0.25, 0.3) is 0 Å². The number of nitrogens with one attached hydrogen (secondary N) is 1. The lowest BCUT2D eigenvalue weighted by Crippen LogP contribution is -2.40. The van der Waals surface area contributed by atoms with Gasteiger partial charge in [-0.2, -0.15) is 0 Å². The predicted octanol–water partition coefficient (Wildman–Crippen LogP) is -0.0561. The molecular formula is C10H23N3O3. The molecule has 0 rings (SSSR count). The molecule has 0 saturated carbocycles. The van der Waals surface area contributed by atoms with Gasteiger partial charge in [0, 0.05) is 44.8 Å². The van der Waals surface area contributed by atoms with Crippen LogP contribution in [0.4, 0.5) is 0 Å². The first-order valence-electron chi connectivity index (χ1n) is 5.45. The second-order valence-electron chi connectivity index (χ2n) is 4.79. The van der Waals surface area contributed by atoms with Crippen molar-refractivity contribution in [2.75, 3.05) is 33.7 Å². The molecule has 0 radical (unpaired) electrons. The van der Waals surface area contributed by atoms with Crippen molar-refractivity contribution in [1.29, 1.82) is 0 Å². The van der Waals surface area contributed by atoms with Gasteiger partial charge in [0.15, 0.2) is 0 Å². The summed E-state index contributed by atoms with van der Waals surface area (Å²) in [5.74, 6) is 0. The quantitative estimate of drug-likeness (QED) is 0.454. The molecule has 0 heterocycles. The maximum absolute atomic E-state index is 10.7. The Kier molecular flexibility index (Phi) is 6.47. The number of rotatable bonds is 8. The minimum Gasteiger partial charge on any atom is -0.392 e. The van der Waals surface area contributed by atoms with Crippen LogP contribution in [0.1, 0.15) is 20.3 Å². The summed E-state index contributed by atoms with van der Waals surface area (Å²) in [6.45, 7) is 5.17. The Hall–Kier alpha value is -0.720. The van der Waals surface area contributed by atoms with Crippen LogP contribution in [0.2, 0.25) is 0 Å². The van der Waals surface area contributed by atoms with Crippen LogP contribution in [0, 0.1) is 10.1 Å². The molecule has 0 fully saturated rings. The molecule has 0 aromatic carbocycles. The largest absolute Gasteiger partial charge is 0.392 e. The van der Waals surface area contributed by atoms with E-state index in [0.29, 0.717) is 6.54 Å². The van der Waals surface area contributed by atoms with E-state index in [1.54, 1.807) is 0 Å². The third-order valence-electron chi connectivity index (χ3n) is 2.50. The third kappa shape index (κ3) is 5.99. The smallest absolute Gasteiger partial charge is 0.219 e. The highest BCUT2D eigenvalue weighted by molar-refractivity contribution is 4.74. The molecule has 1 atom stereocenters. The molecule has 0 amide bonds. The lowest BCUT2D eigenvalue weighted by Gasteiger charge is -2.23. The highest BCUT2D eigenvalue weighted by atomic mass is 16.6. The van der Waals surface area contributed by atoms with Crippen LogP contribution in [-0.4, -0.2) is 60.3 Å². The number of hydrogen-bond donors (Lipinski definition) is 2. The van der Waals surface area contributed by atoms with Crippen molar-refractivity contribution in [2.24, 2.45) is 0 Å². The Labute approximate surface area is 96.8 Å². The molecule has 6 heteroatoms. The molecule has 16 heavy (non-hydrogen) atoms. The van der Waals surface area contributed by atoms with Crippen molar-refractivity contribution in [1.82, 2.24) is 10.2 Å². The van der Waals surface area contributed by atoms with Crippen molar-refractivity contribution in [3.63, 3.8) is 0 Å². The van der Waals surface area contributed by atoms with Crippen molar-refractivity contribution in [3.05, 3.63) is 10.1 Å². The van der Waals surface area contributed by atoms with Crippen LogP contribution < -0.4 is 5.32 Å². The first-order chi connectivity index (χ1) is 7.29. The molecule has 1 unspecified atom stereocenters. The Morgan fingerprint density at radius 2 is 2.12 bits per heavy atom. The monoisotopic (exact) mass is 233 g/mol. The first-order valence-corrected chi connectivity index (χ1v) is 5.45. The predicted molar refractivity (Wildman–Crippen MR) is 63.1 cm³/mol. The van der Waals surface area contributed by atoms with Gasteiger partial charge in [-0.1, -0.05) is 0 Å². The Morgan fingerprint density at radius 1 is 1.56 bits per heavy atom. The molecular weight excluding hydrogens is 210 g/mol. The molecule has 0 saturated heterocycles. The minimum absolute atomic E-state index is 0.171. The van der Waals surface area contributed by atoms with Gasteiger partial charge >= 0.3 is 0 Å². The van der Waals surface area contributed by atoms with Crippen LogP contribution in [0.15, 0.2) is 0 Å². The zero-order valence-electron chi connectivity index (χ0n) is 10.6. The summed E-state index contributed by atoms with van der Waals surface area (Å²) in [5, 5.41) is 23.4. The number of aliphatic hydroxyl groups is 1. The summed E-state index contributed by atoms with van der Waals surface area (Å²) >= 11 is 0. The van der Waals surface area contributed by atoms with Gasteiger partial charge < -0.3 is 15.3 Å². The van der Waals surface area contributed by atoms with Gasteiger partial charge in [0.2, 0.25) is 5.54 Å².